The molecule has 4 aliphatic carbocycles. The van der Waals surface area contributed by atoms with E-state index < -0.39 is 23.2 Å². The van der Waals surface area contributed by atoms with E-state index in [1.807, 2.05) is 13.2 Å². The molecule has 29 heavy (non-hydrogen) atoms. The molecule has 4 nitrogen and oxygen atoms in total. The van der Waals surface area contributed by atoms with Crippen LogP contribution in [0.15, 0.2) is 23.8 Å². The Kier molecular flexibility index (Phi) is 5.07. The minimum atomic E-state index is -1.82. The molecule has 0 aromatic heterocycles. The second-order valence-electron chi connectivity index (χ2n) is 9.44. The molecule has 7 heteroatoms. The molecule has 0 radical (unpaired) electrons. The number of rotatable bonds is 4. The van der Waals surface area contributed by atoms with Crippen LogP contribution in [0.5, 0.6) is 0 Å². The van der Waals surface area contributed by atoms with E-state index in [1.165, 1.54) is 17.8 Å². The number of carboxylic acids is 1. The molecule has 3 unspecified atom stereocenters. The number of hydrogen-bond donors (Lipinski definition) is 2. The number of allylic oxidation sites excluding steroid dienone is 4. The summed E-state index contributed by atoms with van der Waals surface area (Å²) in [5.41, 5.74) is -2.34. The quantitative estimate of drug-likeness (QED) is 0.637. The first-order valence-corrected chi connectivity index (χ1v) is 12.5. The predicted octanol–water partition coefficient (Wildman–Crippen LogP) is 4.23. The first-order chi connectivity index (χ1) is 13.5. The van der Waals surface area contributed by atoms with Gasteiger partial charge in [0, 0.05) is 11.3 Å². The maximum absolute atomic E-state index is 17.0. The third-order valence-corrected chi connectivity index (χ3v) is 12.2. The van der Waals surface area contributed by atoms with Gasteiger partial charge in [-0.25, -0.2) is 4.39 Å². The molecule has 160 valence electrons. The molecule has 0 aromatic rings. The summed E-state index contributed by atoms with van der Waals surface area (Å²) in [6.45, 7) is 3.96. The molecule has 3 fully saturated rings. The number of fused-ring (bicyclic) bond motifs is 5. The summed E-state index contributed by atoms with van der Waals surface area (Å²) in [6.07, 6.45) is 8.77. The molecule has 0 heterocycles. The van der Waals surface area contributed by atoms with Crippen molar-refractivity contribution in [3.05, 3.63) is 23.8 Å². The molecule has 0 bridgehead atoms. The molecule has 2 N–H and O–H groups in total. The van der Waals surface area contributed by atoms with E-state index in [2.05, 4.69) is 6.92 Å². The highest BCUT2D eigenvalue weighted by molar-refractivity contribution is 8.18. The lowest BCUT2D eigenvalue weighted by Crippen LogP contribution is -2.67. The third-order valence-electron chi connectivity index (χ3n) is 8.44. The molecule has 7 atom stereocenters. The minimum absolute atomic E-state index is 0.0140. The Bertz CT molecular complexity index is 813. The number of carbonyl (C=O) groups excluding carboxylic acids is 1. The molecular formula is C22H29FO4S2. The van der Waals surface area contributed by atoms with Gasteiger partial charge in [0.1, 0.15) is 0 Å². The Hall–Kier alpha value is -0.790. The van der Waals surface area contributed by atoms with Gasteiger partial charge in [-0.1, -0.05) is 18.6 Å². The van der Waals surface area contributed by atoms with Crippen LogP contribution in [0.25, 0.3) is 0 Å². The predicted molar refractivity (Wildman–Crippen MR) is 115 cm³/mol. The van der Waals surface area contributed by atoms with E-state index in [0.29, 0.717) is 19.3 Å². The summed E-state index contributed by atoms with van der Waals surface area (Å²) >= 11 is 3.11. The molecule has 4 rings (SSSR count). The molecule has 0 aliphatic heterocycles. The van der Waals surface area contributed by atoms with E-state index in [1.54, 1.807) is 23.9 Å². The Labute approximate surface area is 179 Å². The number of carboxylic acid groups (broad SMARTS) is 1. The van der Waals surface area contributed by atoms with Crippen molar-refractivity contribution < 1.29 is 24.2 Å². The molecular weight excluding hydrogens is 411 g/mol. The maximum Gasteiger partial charge on any atom is 0.313 e. The van der Waals surface area contributed by atoms with Gasteiger partial charge in [0.25, 0.3) is 0 Å². The fraction of sp³-hybridized carbons (Fsp3) is 0.727. The smallest absolute Gasteiger partial charge is 0.313 e. The number of aliphatic carboxylic acids is 1. The number of aliphatic hydroxyl groups excluding tert-OH is 1. The maximum atomic E-state index is 17.0. The van der Waals surface area contributed by atoms with Crippen LogP contribution in [0, 0.1) is 22.7 Å². The summed E-state index contributed by atoms with van der Waals surface area (Å²) in [5, 5.41) is 20.5. The lowest BCUT2D eigenvalue weighted by molar-refractivity contribution is -0.189. The van der Waals surface area contributed by atoms with Crippen LogP contribution in [-0.2, 0) is 9.59 Å². The van der Waals surface area contributed by atoms with Crippen molar-refractivity contribution in [2.24, 2.45) is 22.7 Å². The standard InChI is InChI=1S/C22H29FO4S2/c1-19-8-6-14(24)10-13(19)4-5-16-15-7-9-21(28-3,29-12-18(26)27)20(15,2)11-17(25)22(16,19)23/h6,8,10,15-17,25H,4-5,7,9,11-12H2,1-3H3,(H,26,27)/t15?,16?,17-,19-,20-,21+,22?/m0/s1. The topological polar surface area (TPSA) is 74.6 Å². The number of ketones is 1. The lowest BCUT2D eigenvalue weighted by atomic mass is 9.46. The van der Waals surface area contributed by atoms with E-state index in [9.17, 15) is 19.8 Å². The SMILES string of the molecule is CS[C@@]1(SCC(=O)O)CCC2C3CCC4=CC(=O)C=C[C@]4(C)C3(F)[C@@H](O)C[C@@]21C. The van der Waals surface area contributed by atoms with E-state index >= 15 is 4.39 Å². The molecule has 0 spiro atoms. The first-order valence-electron chi connectivity index (χ1n) is 10.3. The first kappa shape index (κ1) is 21.4. The van der Waals surface area contributed by atoms with Crippen LogP contribution in [0.2, 0.25) is 0 Å². The van der Waals surface area contributed by atoms with Crippen LogP contribution in [0.4, 0.5) is 4.39 Å². The van der Waals surface area contributed by atoms with Gasteiger partial charge in [-0.05, 0) is 68.8 Å². The number of carbonyl (C=O) groups is 2. The number of hydrogen-bond acceptors (Lipinski definition) is 5. The highest BCUT2D eigenvalue weighted by Gasteiger charge is 2.73. The average Bonchev–Trinajstić information content (AvgIpc) is 2.94. The molecule has 3 saturated carbocycles. The van der Waals surface area contributed by atoms with Gasteiger partial charge in [-0.2, -0.15) is 0 Å². The summed E-state index contributed by atoms with van der Waals surface area (Å²) in [4.78, 5) is 23.2. The summed E-state index contributed by atoms with van der Waals surface area (Å²) < 4.78 is 16.6. The van der Waals surface area contributed by atoms with E-state index in [-0.39, 0.29) is 32.9 Å². The van der Waals surface area contributed by atoms with Crippen molar-refractivity contribution >= 4 is 35.3 Å². The van der Waals surface area contributed by atoms with Crippen LogP contribution in [-0.4, -0.2) is 49.8 Å². The van der Waals surface area contributed by atoms with E-state index in [0.717, 1.165) is 18.4 Å². The van der Waals surface area contributed by atoms with Gasteiger partial charge in [0.15, 0.2) is 11.5 Å². The Morgan fingerprint density at radius 3 is 2.69 bits per heavy atom. The second kappa shape index (κ2) is 6.86. The van der Waals surface area contributed by atoms with Crippen molar-refractivity contribution in [2.45, 2.75) is 61.8 Å². The van der Waals surface area contributed by atoms with Gasteiger partial charge < -0.3 is 10.2 Å². The largest absolute Gasteiger partial charge is 0.481 e. The number of alkyl halides is 1. The fourth-order valence-electron chi connectivity index (χ4n) is 6.97. The Balaban J connectivity index is 1.75. The molecule has 0 amide bonds. The van der Waals surface area contributed by atoms with Crippen molar-refractivity contribution in [1.29, 1.82) is 0 Å². The molecule has 0 aromatic carbocycles. The highest BCUT2D eigenvalue weighted by atomic mass is 32.2. The zero-order valence-corrected chi connectivity index (χ0v) is 18.7. The molecule has 4 aliphatic rings. The zero-order valence-electron chi connectivity index (χ0n) is 17.1. The minimum Gasteiger partial charge on any atom is -0.481 e. The van der Waals surface area contributed by atoms with Crippen LogP contribution < -0.4 is 0 Å². The average molecular weight is 441 g/mol. The lowest BCUT2D eigenvalue weighted by Gasteiger charge is -2.63. The zero-order chi connectivity index (χ0) is 21.2. The van der Waals surface area contributed by atoms with Crippen LogP contribution in [0.3, 0.4) is 0 Å². The van der Waals surface area contributed by atoms with Gasteiger partial charge in [-0.3, -0.25) is 9.59 Å². The Morgan fingerprint density at radius 2 is 2.03 bits per heavy atom. The number of thioether (sulfide) groups is 2. The van der Waals surface area contributed by atoms with Crippen molar-refractivity contribution in [1.82, 2.24) is 0 Å². The van der Waals surface area contributed by atoms with Gasteiger partial charge in [0.2, 0.25) is 0 Å². The van der Waals surface area contributed by atoms with E-state index in [4.69, 9.17) is 0 Å². The van der Waals surface area contributed by atoms with Gasteiger partial charge in [-0.15, -0.1) is 23.5 Å². The van der Waals surface area contributed by atoms with Crippen LogP contribution >= 0.6 is 23.5 Å². The summed E-state index contributed by atoms with van der Waals surface area (Å²) in [6, 6.07) is 0. The summed E-state index contributed by atoms with van der Waals surface area (Å²) in [5.74, 6) is -1.17. The number of halogens is 1. The van der Waals surface area contributed by atoms with Crippen LogP contribution in [0.1, 0.15) is 46.0 Å². The normalized spacial score (nSPS) is 48.5. The Morgan fingerprint density at radius 1 is 1.31 bits per heavy atom. The molecule has 0 saturated heterocycles. The van der Waals surface area contributed by atoms with Crippen molar-refractivity contribution in [3.8, 4) is 0 Å². The van der Waals surface area contributed by atoms with Crippen molar-refractivity contribution in [2.75, 3.05) is 12.0 Å². The monoisotopic (exact) mass is 440 g/mol. The third kappa shape index (κ3) is 2.69. The van der Waals surface area contributed by atoms with Gasteiger partial charge in [0.05, 0.1) is 15.9 Å². The van der Waals surface area contributed by atoms with Crippen molar-refractivity contribution in [3.63, 3.8) is 0 Å². The second-order valence-corrected chi connectivity index (χ2v) is 12.1. The number of aliphatic hydroxyl groups is 1. The van der Waals surface area contributed by atoms with Gasteiger partial charge >= 0.3 is 5.97 Å². The highest BCUT2D eigenvalue weighted by Crippen LogP contribution is 2.73. The summed E-state index contributed by atoms with van der Waals surface area (Å²) in [7, 11) is 0. The fourth-order valence-corrected chi connectivity index (χ4v) is 9.82.